The van der Waals surface area contributed by atoms with E-state index in [4.69, 9.17) is 10.00 Å². The number of amides is 2. The molecule has 4 rings (SSSR count). The molecule has 1 aliphatic carbocycles. The van der Waals surface area contributed by atoms with Crippen LogP contribution in [0.2, 0.25) is 0 Å². The summed E-state index contributed by atoms with van der Waals surface area (Å²) < 4.78 is 5.32. The maximum Gasteiger partial charge on any atom is 0.326 e. The Morgan fingerprint density at radius 3 is 2.41 bits per heavy atom. The van der Waals surface area contributed by atoms with Crippen LogP contribution in [0, 0.1) is 11.3 Å². The summed E-state index contributed by atoms with van der Waals surface area (Å²) in [6.07, 6.45) is 6.61. The third-order valence-corrected chi connectivity index (χ3v) is 7.21. The SMILES string of the molecule is COCCN1C(=O)N(c2cnc(C#N)cn2)C[C@]12CC[C@](c1ccccc1)(N(C)C)CC2. The largest absolute Gasteiger partial charge is 0.383 e. The summed E-state index contributed by atoms with van der Waals surface area (Å²) in [5.41, 5.74) is 1.23. The molecule has 2 amide bonds. The third-order valence-electron chi connectivity index (χ3n) is 7.21. The minimum absolute atomic E-state index is 0.0514. The van der Waals surface area contributed by atoms with Gasteiger partial charge in [-0.2, -0.15) is 5.26 Å². The first-order valence-electron chi connectivity index (χ1n) is 11.0. The van der Waals surface area contributed by atoms with Gasteiger partial charge in [0.1, 0.15) is 6.07 Å². The second-order valence-corrected chi connectivity index (χ2v) is 8.90. The number of benzene rings is 1. The lowest BCUT2D eigenvalue weighted by atomic mass is 9.68. The summed E-state index contributed by atoms with van der Waals surface area (Å²) in [7, 11) is 5.95. The molecule has 1 saturated heterocycles. The lowest BCUT2D eigenvalue weighted by Crippen LogP contribution is -2.56. The van der Waals surface area contributed by atoms with Gasteiger partial charge in [-0.15, -0.1) is 0 Å². The Balaban J connectivity index is 1.63. The fraction of sp³-hybridized carbons (Fsp3) is 0.500. The van der Waals surface area contributed by atoms with E-state index in [-0.39, 0.29) is 22.8 Å². The van der Waals surface area contributed by atoms with Gasteiger partial charge in [0.25, 0.3) is 0 Å². The molecule has 0 radical (unpaired) electrons. The van der Waals surface area contributed by atoms with Gasteiger partial charge in [-0.1, -0.05) is 30.3 Å². The van der Waals surface area contributed by atoms with E-state index >= 15 is 0 Å². The summed E-state index contributed by atoms with van der Waals surface area (Å²) in [6, 6.07) is 12.6. The molecule has 1 aromatic heterocycles. The predicted molar refractivity (Wildman–Crippen MR) is 121 cm³/mol. The van der Waals surface area contributed by atoms with Crippen LogP contribution in [0.25, 0.3) is 0 Å². The topological polar surface area (TPSA) is 85.6 Å². The van der Waals surface area contributed by atoms with Crippen molar-refractivity contribution in [3.05, 3.63) is 54.0 Å². The average molecular weight is 435 g/mol. The zero-order chi connectivity index (χ0) is 22.8. The van der Waals surface area contributed by atoms with Crippen molar-refractivity contribution in [1.29, 1.82) is 5.26 Å². The van der Waals surface area contributed by atoms with Crippen molar-refractivity contribution in [2.75, 3.05) is 45.8 Å². The van der Waals surface area contributed by atoms with Crippen molar-refractivity contribution in [1.82, 2.24) is 19.8 Å². The molecule has 2 aliphatic rings. The van der Waals surface area contributed by atoms with Crippen LogP contribution in [-0.4, -0.2) is 72.2 Å². The van der Waals surface area contributed by atoms with E-state index < -0.39 is 0 Å². The number of hydrogen-bond donors (Lipinski definition) is 0. The Labute approximate surface area is 189 Å². The van der Waals surface area contributed by atoms with Crippen LogP contribution < -0.4 is 4.90 Å². The minimum Gasteiger partial charge on any atom is -0.383 e. The second-order valence-electron chi connectivity index (χ2n) is 8.90. The first-order valence-corrected chi connectivity index (χ1v) is 11.0. The molecule has 0 atom stereocenters. The maximum absolute atomic E-state index is 13.5. The quantitative estimate of drug-likeness (QED) is 0.695. The number of carbonyl (C=O) groups excluding carboxylic acids is 1. The van der Waals surface area contributed by atoms with Gasteiger partial charge in [0.15, 0.2) is 11.5 Å². The van der Waals surface area contributed by atoms with Crippen LogP contribution in [0.1, 0.15) is 36.9 Å². The van der Waals surface area contributed by atoms with Crippen molar-refractivity contribution in [2.45, 2.75) is 36.8 Å². The smallest absolute Gasteiger partial charge is 0.326 e. The first kappa shape index (κ1) is 22.2. The summed E-state index contributed by atoms with van der Waals surface area (Å²) in [4.78, 5) is 27.9. The molecule has 168 valence electrons. The number of nitrogens with zero attached hydrogens (tertiary/aromatic N) is 6. The molecule has 1 spiro atoms. The lowest BCUT2D eigenvalue weighted by molar-refractivity contribution is 0.0189. The summed E-state index contributed by atoms with van der Waals surface area (Å²) >= 11 is 0. The van der Waals surface area contributed by atoms with Crippen LogP contribution >= 0.6 is 0 Å². The number of hydrogen-bond acceptors (Lipinski definition) is 6. The standard InChI is InChI=1S/C24H30N6O2/c1-28(2)24(19-7-5-4-6-8-19)11-9-23(10-12-24)18-29(22(31)30(23)13-14-32-3)21-17-26-20(15-25)16-27-21/h4-8,16-17H,9-14,18H2,1-3H3/t23-,24+. The number of rotatable bonds is 6. The molecule has 0 unspecified atom stereocenters. The molecule has 8 nitrogen and oxygen atoms in total. The number of aromatic nitrogens is 2. The Bertz CT molecular complexity index is 978. The Hall–Kier alpha value is -3.02. The summed E-state index contributed by atoms with van der Waals surface area (Å²) in [5, 5.41) is 9.01. The Kier molecular flexibility index (Phi) is 6.13. The van der Waals surface area contributed by atoms with Crippen molar-refractivity contribution < 1.29 is 9.53 Å². The molecular formula is C24H30N6O2. The fourth-order valence-electron chi connectivity index (χ4n) is 5.31. The van der Waals surface area contributed by atoms with Crippen LogP contribution in [0.5, 0.6) is 0 Å². The number of urea groups is 1. The Morgan fingerprint density at radius 2 is 1.84 bits per heavy atom. The van der Waals surface area contributed by atoms with Gasteiger partial charge >= 0.3 is 6.03 Å². The average Bonchev–Trinajstić information content (AvgIpc) is 3.09. The number of carbonyl (C=O) groups is 1. The zero-order valence-corrected chi connectivity index (χ0v) is 19.0. The maximum atomic E-state index is 13.5. The number of methoxy groups -OCH3 is 1. The first-order chi connectivity index (χ1) is 15.5. The molecule has 0 N–H and O–H groups in total. The Morgan fingerprint density at radius 1 is 1.12 bits per heavy atom. The predicted octanol–water partition coefficient (Wildman–Crippen LogP) is 3.01. The van der Waals surface area contributed by atoms with E-state index in [2.05, 4.69) is 59.3 Å². The van der Waals surface area contributed by atoms with Crippen LogP contribution in [0.15, 0.2) is 42.7 Å². The highest BCUT2D eigenvalue weighted by molar-refractivity contribution is 5.94. The van der Waals surface area contributed by atoms with Crippen molar-refractivity contribution in [3.8, 4) is 6.07 Å². The molecule has 2 aromatic rings. The van der Waals surface area contributed by atoms with Gasteiger partial charge in [0, 0.05) is 19.2 Å². The van der Waals surface area contributed by atoms with Gasteiger partial charge < -0.3 is 9.64 Å². The monoisotopic (exact) mass is 434 g/mol. The van der Waals surface area contributed by atoms with E-state index in [1.165, 1.54) is 18.0 Å². The minimum atomic E-state index is -0.278. The van der Waals surface area contributed by atoms with Crippen LogP contribution in [-0.2, 0) is 10.3 Å². The molecular weight excluding hydrogens is 404 g/mol. The number of ether oxygens (including phenoxy) is 1. The summed E-state index contributed by atoms with van der Waals surface area (Å²) in [5.74, 6) is 0.487. The van der Waals surface area contributed by atoms with E-state index in [1.807, 2.05) is 11.0 Å². The van der Waals surface area contributed by atoms with Gasteiger partial charge in [0.05, 0.1) is 31.1 Å². The van der Waals surface area contributed by atoms with E-state index in [0.717, 1.165) is 25.7 Å². The highest BCUT2D eigenvalue weighted by Gasteiger charge is 2.54. The molecule has 32 heavy (non-hydrogen) atoms. The highest BCUT2D eigenvalue weighted by atomic mass is 16.5. The molecule has 1 saturated carbocycles. The van der Waals surface area contributed by atoms with Gasteiger partial charge in [-0.05, 0) is 45.3 Å². The van der Waals surface area contributed by atoms with Crippen molar-refractivity contribution in [2.24, 2.45) is 0 Å². The molecule has 2 heterocycles. The fourth-order valence-corrected chi connectivity index (χ4v) is 5.31. The molecule has 1 aliphatic heterocycles. The van der Waals surface area contributed by atoms with Gasteiger partial charge in [0.2, 0.25) is 0 Å². The summed E-state index contributed by atoms with van der Waals surface area (Å²) in [6.45, 7) is 1.59. The normalized spacial score (nSPS) is 25.5. The number of anilines is 1. The highest BCUT2D eigenvalue weighted by Crippen LogP contribution is 2.49. The number of nitriles is 1. The van der Waals surface area contributed by atoms with E-state index in [1.54, 1.807) is 12.0 Å². The molecule has 2 fully saturated rings. The van der Waals surface area contributed by atoms with Crippen LogP contribution in [0.4, 0.5) is 10.6 Å². The third kappa shape index (κ3) is 3.72. The van der Waals surface area contributed by atoms with Gasteiger partial charge in [-0.3, -0.25) is 9.80 Å². The molecule has 1 aromatic carbocycles. The van der Waals surface area contributed by atoms with Crippen molar-refractivity contribution in [3.63, 3.8) is 0 Å². The second kappa shape index (κ2) is 8.85. The van der Waals surface area contributed by atoms with E-state index in [0.29, 0.717) is 25.5 Å². The van der Waals surface area contributed by atoms with Crippen LogP contribution in [0.3, 0.4) is 0 Å². The molecule has 0 bridgehead atoms. The van der Waals surface area contributed by atoms with E-state index in [9.17, 15) is 4.79 Å². The lowest BCUT2D eigenvalue weighted by Gasteiger charge is -2.51. The van der Waals surface area contributed by atoms with Crippen molar-refractivity contribution >= 4 is 11.8 Å². The van der Waals surface area contributed by atoms with Gasteiger partial charge in [-0.25, -0.2) is 14.8 Å². The molecule has 8 heteroatoms. The zero-order valence-electron chi connectivity index (χ0n) is 19.0.